The van der Waals surface area contributed by atoms with Crippen molar-refractivity contribution in [3.05, 3.63) is 47.2 Å². The molecule has 3 aromatic rings. The average Bonchev–Trinajstić information content (AvgIpc) is 3.58. The zero-order valence-electron chi connectivity index (χ0n) is 22.1. The SMILES string of the molecule is CC(C)(C)C(=O)OC1CCCN(C(=O)c2cc3nccc(Oc4ccc(NC(=O)NC5CC5)cc4F)c3s2)C1. The standard InChI is InChI=1S/C28H31FN4O5S/c1-28(2,3)26(35)37-18-5-4-12-33(15-18)25(34)23-14-20-24(39-23)22(10-11-30-20)38-21-9-8-17(13-19(21)29)32-27(36)31-16-6-7-16/h8-11,13-14,16,18H,4-7,12,15H2,1-3H3,(H2,31,32,36). The van der Waals surface area contributed by atoms with Crippen molar-refractivity contribution in [1.29, 1.82) is 0 Å². The number of hydrogen-bond acceptors (Lipinski definition) is 7. The highest BCUT2D eigenvalue weighted by molar-refractivity contribution is 7.21. The number of aromatic nitrogens is 1. The lowest BCUT2D eigenvalue weighted by molar-refractivity contribution is -0.160. The van der Waals surface area contributed by atoms with Crippen LogP contribution in [0.4, 0.5) is 14.9 Å². The largest absolute Gasteiger partial charge is 0.460 e. The van der Waals surface area contributed by atoms with Crippen molar-refractivity contribution < 1.29 is 28.2 Å². The number of thiophene rings is 1. The molecule has 3 amide bonds. The van der Waals surface area contributed by atoms with E-state index in [0.29, 0.717) is 46.0 Å². The van der Waals surface area contributed by atoms with E-state index in [0.717, 1.165) is 19.3 Å². The van der Waals surface area contributed by atoms with Crippen LogP contribution in [0.1, 0.15) is 56.1 Å². The maximum absolute atomic E-state index is 14.8. The number of pyridine rings is 1. The third kappa shape index (κ3) is 6.47. The molecule has 0 bridgehead atoms. The van der Waals surface area contributed by atoms with Crippen LogP contribution in [0.2, 0.25) is 0 Å². The molecule has 0 spiro atoms. The summed E-state index contributed by atoms with van der Waals surface area (Å²) < 4.78 is 27.0. The van der Waals surface area contributed by atoms with E-state index in [1.807, 2.05) is 0 Å². The van der Waals surface area contributed by atoms with Crippen molar-refractivity contribution >= 4 is 45.1 Å². The molecular formula is C28H31FN4O5S. The molecule has 1 saturated carbocycles. The van der Waals surface area contributed by atoms with Gasteiger partial charge < -0.3 is 25.0 Å². The van der Waals surface area contributed by atoms with E-state index in [1.165, 1.54) is 29.7 Å². The van der Waals surface area contributed by atoms with Crippen LogP contribution in [0.3, 0.4) is 0 Å². The lowest BCUT2D eigenvalue weighted by atomic mass is 9.97. The molecule has 1 unspecified atom stereocenters. The second-order valence-corrected chi connectivity index (χ2v) is 12.0. The second-order valence-electron chi connectivity index (χ2n) is 10.9. The fourth-order valence-corrected chi connectivity index (χ4v) is 5.20. The van der Waals surface area contributed by atoms with Gasteiger partial charge in [0.2, 0.25) is 0 Å². The number of esters is 1. The molecule has 39 heavy (non-hydrogen) atoms. The van der Waals surface area contributed by atoms with Crippen LogP contribution in [0.5, 0.6) is 11.5 Å². The van der Waals surface area contributed by atoms with Crippen LogP contribution in [0, 0.1) is 11.2 Å². The number of nitrogens with zero attached hydrogens (tertiary/aromatic N) is 2. The van der Waals surface area contributed by atoms with Gasteiger partial charge in [-0.1, -0.05) is 0 Å². The lowest BCUT2D eigenvalue weighted by Gasteiger charge is -2.33. The van der Waals surface area contributed by atoms with E-state index in [4.69, 9.17) is 9.47 Å². The van der Waals surface area contributed by atoms with Gasteiger partial charge in [-0.2, -0.15) is 0 Å². The number of benzene rings is 1. The number of hydrogen-bond donors (Lipinski definition) is 2. The molecule has 1 aliphatic heterocycles. The van der Waals surface area contributed by atoms with Gasteiger partial charge in [0.25, 0.3) is 5.91 Å². The first-order valence-corrected chi connectivity index (χ1v) is 13.8. The highest BCUT2D eigenvalue weighted by atomic mass is 32.1. The summed E-state index contributed by atoms with van der Waals surface area (Å²) in [5.74, 6) is -0.748. The molecule has 0 radical (unpaired) electrons. The molecule has 2 aromatic heterocycles. The Kier molecular flexibility index (Phi) is 7.44. The predicted molar refractivity (Wildman–Crippen MR) is 146 cm³/mol. The maximum atomic E-state index is 14.8. The highest BCUT2D eigenvalue weighted by Gasteiger charge is 2.31. The summed E-state index contributed by atoms with van der Waals surface area (Å²) in [6.07, 6.45) is 4.55. The summed E-state index contributed by atoms with van der Waals surface area (Å²) in [7, 11) is 0. The van der Waals surface area contributed by atoms with Gasteiger partial charge in [-0.25, -0.2) is 9.18 Å². The van der Waals surface area contributed by atoms with Crippen LogP contribution in [-0.2, 0) is 9.53 Å². The third-order valence-corrected chi connectivity index (χ3v) is 7.59. The van der Waals surface area contributed by atoms with E-state index >= 15 is 0 Å². The first-order valence-electron chi connectivity index (χ1n) is 13.0. The Morgan fingerprint density at radius 2 is 1.90 bits per heavy atom. The second kappa shape index (κ2) is 10.8. The molecule has 11 heteroatoms. The molecule has 2 aliphatic rings. The minimum absolute atomic E-state index is 0.0172. The molecule has 206 valence electrons. The number of urea groups is 1. The number of fused-ring (bicyclic) bond motifs is 1. The molecular weight excluding hydrogens is 523 g/mol. The van der Waals surface area contributed by atoms with Crippen LogP contribution in [-0.4, -0.2) is 53.0 Å². The Balaban J connectivity index is 1.28. The Morgan fingerprint density at radius 1 is 1.10 bits per heavy atom. The fraction of sp³-hybridized carbons (Fsp3) is 0.429. The average molecular weight is 555 g/mol. The molecule has 2 N–H and O–H groups in total. The molecule has 9 nitrogen and oxygen atoms in total. The first kappa shape index (κ1) is 26.9. The summed E-state index contributed by atoms with van der Waals surface area (Å²) in [5, 5.41) is 5.40. The summed E-state index contributed by atoms with van der Waals surface area (Å²) in [6, 6.07) is 7.34. The lowest BCUT2D eigenvalue weighted by Crippen LogP contribution is -2.44. The number of carbonyl (C=O) groups is 3. The summed E-state index contributed by atoms with van der Waals surface area (Å²) >= 11 is 1.22. The number of carbonyl (C=O) groups excluding carboxylic acids is 3. The number of amides is 3. The maximum Gasteiger partial charge on any atom is 0.319 e. The normalized spacial score (nSPS) is 17.5. The van der Waals surface area contributed by atoms with Gasteiger partial charge in [0.05, 0.1) is 27.1 Å². The van der Waals surface area contributed by atoms with Crippen LogP contribution in [0.25, 0.3) is 10.2 Å². The Labute approximate surface area is 229 Å². The van der Waals surface area contributed by atoms with Crippen molar-refractivity contribution in [1.82, 2.24) is 15.2 Å². The van der Waals surface area contributed by atoms with E-state index in [-0.39, 0.29) is 35.8 Å². The summed E-state index contributed by atoms with van der Waals surface area (Å²) in [5.41, 5.74) is 0.264. The van der Waals surface area contributed by atoms with E-state index in [1.54, 1.807) is 43.9 Å². The van der Waals surface area contributed by atoms with Crippen molar-refractivity contribution in [3.63, 3.8) is 0 Å². The van der Waals surface area contributed by atoms with Gasteiger partial charge in [-0.05, 0) is 64.7 Å². The summed E-state index contributed by atoms with van der Waals surface area (Å²) in [6.45, 7) is 6.30. The van der Waals surface area contributed by atoms with Crippen molar-refractivity contribution in [2.75, 3.05) is 18.4 Å². The Hall–Kier alpha value is -3.73. The van der Waals surface area contributed by atoms with Gasteiger partial charge >= 0.3 is 12.0 Å². The predicted octanol–water partition coefficient (Wildman–Crippen LogP) is 5.71. The van der Waals surface area contributed by atoms with Crippen molar-refractivity contribution in [2.24, 2.45) is 5.41 Å². The zero-order valence-corrected chi connectivity index (χ0v) is 22.9. The number of ether oxygens (including phenoxy) is 2. The zero-order chi connectivity index (χ0) is 27.7. The number of likely N-dealkylation sites (tertiary alicyclic amines) is 1. The number of piperidine rings is 1. The molecule has 3 heterocycles. The molecule has 2 fully saturated rings. The number of halogens is 1. The first-order chi connectivity index (χ1) is 18.6. The van der Waals surface area contributed by atoms with Crippen LogP contribution < -0.4 is 15.4 Å². The highest BCUT2D eigenvalue weighted by Crippen LogP contribution is 2.37. The van der Waals surface area contributed by atoms with Crippen molar-refractivity contribution in [3.8, 4) is 11.5 Å². The summed E-state index contributed by atoms with van der Waals surface area (Å²) in [4.78, 5) is 44.1. The Morgan fingerprint density at radius 3 is 2.62 bits per heavy atom. The topological polar surface area (TPSA) is 110 Å². The molecule has 1 atom stereocenters. The quantitative estimate of drug-likeness (QED) is 0.378. The number of nitrogens with one attached hydrogen (secondary N) is 2. The molecule has 1 aliphatic carbocycles. The monoisotopic (exact) mass is 554 g/mol. The van der Waals surface area contributed by atoms with Gasteiger partial charge in [0.15, 0.2) is 11.6 Å². The van der Waals surface area contributed by atoms with E-state index < -0.39 is 11.2 Å². The van der Waals surface area contributed by atoms with Crippen LogP contribution >= 0.6 is 11.3 Å². The minimum Gasteiger partial charge on any atom is -0.460 e. The Bertz CT molecular complexity index is 1410. The number of anilines is 1. The smallest absolute Gasteiger partial charge is 0.319 e. The number of rotatable bonds is 6. The molecule has 1 aromatic carbocycles. The fourth-order valence-electron chi connectivity index (χ4n) is 4.16. The van der Waals surface area contributed by atoms with Gasteiger partial charge in [0, 0.05) is 36.6 Å². The third-order valence-electron chi connectivity index (χ3n) is 6.46. The minimum atomic E-state index is -0.638. The molecule has 5 rings (SSSR count). The van der Waals surface area contributed by atoms with Gasteiger partial charge in [-0.3, -0.25) is 14.6 Å². The molecule has 1 saturated heterocycles. The van der Waals surface area contributed by atoms with Gasteiger partial charge in [0.1, 0.15) is 11.9 Å². The van der Waals surface area contributed by atoms with E-state index in [9.17, 15) is 18.8 Å². The van der Waals surface area contributed by atoms with Crippen LogP contribution in [0.15, 0.2) is 36.5 Å². The van der Waals surface area contributed by atoms with Gasteiger partial charge in [-0.15, -0.1) is 11.3 Å². The van der Waals surface area contributed by atoms with Crippen molar-refractivity contribution in [2.45, 2.75) is 58.6 Å². The van der Waals surface area contributed by atoms with E-state index in [2.05, 4.69) is 15.6 Å².